The van der Waals surface area contributed by atoms with Crippen LogP contribution in [0.1, 0.15) is 27.2 Å². The average molecular weight is 150 g/mol. The second-order valence-corrected chi connectivity index (χ2v) is 3.98. The van der Waals surface area contributed by atoms with Crippen molar-refractivity contribution in [1.29, 1.82) is 0 Å². The van der Waals surface area contributed by atoms with Gasteiger partial charge in [0.15, 0.2) is 0 Å². The van der Waals surface area contributed by atoms with Gasteiger partial charge >= 0.3 is 0 Å². The molecular formula is C10H14O. The molecule has 0 spiro atoms. The lowest BCUT2D eigenvalue weighted by Gasteiger charge is -1.97. The highest BCUT2D eigenvalue weighted by atomic mass is 16.1. The smallest absolute Gasteiger partial charge is 0.130 e. The van der Waals surface area contributed by atoms with Crippen LogP contribution in [0.5, 0.6) is 0 Å². The van der Waals surface area contributed by atoms with E-state index in [4.69, 9.17) is 6.42 Å². The number of ketones is 1. The minimum atomic E-state index is 0.209. The number of carbonyl (C=O) groups excluding carboxylic acids is 1. The Hall–Kier alpha value is -0.770. The highest BCUT2D eigenvalue weighted by Crippen LogP contribution is 2.59. The van der Waals surface area contributed by atoms with Crippen LogP contribution in [0.2, 0.25) is 0 Å². The first-order chi connectivity index (χ1) is 5.00. The molecule has 0 bridgehead atoms. The van der Waals surface area contributed by atoms with Crippen LogP contribution in [0.4, 0.5) is 0 Å². The Morgan fingerprint density at radius 1 is 1.64 bits per heavy atom. The Kier molecular flexibility index (Phi) is 1.80. The molecule has 0 N–H and O–H groups in total. The van der Waals surface area contributed by atoms with E-state index in [1.54, 1.807) is 6.92 Å². The molecule has 0 saturated heterocycles. The molecule has 2 unspecified atom stereocenters. The summed E-state index contributed by atoms with van der Waals surface area (Å²) in [5.74, 6) is 3.74. The van der Waals surface area contributed by atoms with E-state index in [2.05, 4.69) is 19.8 Å². The SMILES string of the molecule is C#CC1C(CC(C)=O)C1(C)C. The van der Waals surface area contributed by atoms with Gasteiger partial charge in [-0.1, -0.05) is 13.8 Å². The number of Topliss-reactive ketones (excluding diaryl/α,β-unsaturated/α-hetero) is 1. The molecule has 1 saturated carbocycles. The lowest BCUT2D eigenvalue weighted by Crippen LogP contribution is -1.96. The monoisotopic (exact) mass is 150 g/mol. The van der Waals surface area contributed by atoms with Gasteiger partial charge in [0.1, 0.15) is 5.78 Å². The normalized spacial score (nSPS) is 32.5. The van der Waals surface area contributed by atoms with E-state index in [0.29, 0.717) is 18.3 Å². The lowest BCUT2D eigenvalue weighted by molar-refractivity contribution is -0.117. The summed E-state index contributed by atoms with van der Waals surface area (Å²) in [5.41, 5.74) is 0.209. The average Bonchev–Trinajstić information content (AvgIpc) is 2.33. The lowest BCUT2D eigenvalue weighted by atomic mass is 10.1. The van der Waals surface area contributed by atoms with Crippen LogP contribution < -0.4 is 0 Å². The van der Waals surface area contributed by atoms with E-state index in [1.165, 1.54) is 0 Å². The molecule has 1 aliphatic carbocycles. The van der Waals surface area contributed by atoms with Gasteiger partial charge in [-0.15, -0.1) is 12.3 Å². The third-order valence-corrected chi connectivity index (χ3v) is 2.74. The molecule has 1 fully saturated rings. The summed E-state index contributed by atoms with van der Waals surface area (Å²) in [4.78, 5) is 10.8. The van der Waals surface area contributed by atoms with Crippen LogP contribution in [0.25, 0.3) is 0 Å². The van der Waals surface area contributed by atoms with Gasteiger partial charge in [-0.25, -0.2) is 0 Å². The molecule has 0 amide bonds. The van der Waals surface area contributed by atoms with Crippen molar-refractivity contribution in [3.63, 3.8) is 0 Å². The van der Waals surface area contributed by atoms with Crippen molar-refractivity contribution >= 4 is 5.78 Å². The van der Waals surface area contributed by atoms with Gasteiger partial charge in [0.2, 0.25) is 0 Å². The molecule has 60 valence electrons. The van der Waals surface area contributed by atoms with Crippen LogP contribution in [0, 0.1) is 29.6 Å². The summed E-state index contributed by atoms with van der Waals surface area (Å²) in [5, 5.41) is 0. The van der Waals surface area contributed by atoms with E-state index < -0.39 is 0 Å². The molecule has 11 heavy (non-hydrogen) atoms. The Morgan fingerprint density at radius 2 is 2.18 bits per heavy atom. The predicted octanol–water partition coefficient (Wildman–Crippen LogP) is 1.87. The summed E-state index contributed by atoms with van der Waals surface area (Å²) in [6.45, 7) is 5.89. The van der Waals surface area contributed by atoms with E-state index in [0.717, 1.165) is 0 Å². The number of hydrogen-bond donors (Lipinski definition) is 0. The van der Waals surface area contributed by atoms with E-state index in [1.807, 2.05) is 0 Å². The Bertz CT molecular complexity index is 220. The van der Waals surface area contributed by atoms with E-state index >= 15 is 0 Å². The molecule has 2 atom stereocenters. The fourth-order valence-corrected chi connectivity index (χ4v) is 1.77. The highest BCUT2D eigenvalue weighted by molar-refractivity contribution is 5.76. The number of rotatable bonds is 2. The molecule has 0 heterocycles. The van der Waals surface area contributed by atoms with Crippen LogP contribution in [0.15, 0.2) is 0 Å². The van der Waals surface area contributed by atoms with Crippen molar-refractivity contribution in [2.24, 2.45) is 17.3 Å². The molecule has 0 aliphatic heterocycles. The molecule has 0 aromatic heterocycles. The van der Waals surface area contributed by atoms with Crippen molar-refractivity contribution in [2.45, 2.75) is 27.2 Å². The van der Waals surface area contributed by atoms with Crippen LogP contribution in [-0.2, 0) is 4.79 Å². The molecule has 1 nitrogen and oxygen atoms in total. The minimum absolute atomic E-state index is 0.209. The van der Waals surface area contributed by atoms with Crippen LogP contribution in [-0.4, -0.2) is 5.78 Å². The number of hydrogen-bond acceptors (Lipinski definition) is 1. The fraction of sp³-hybridized carbons (Fsp3) is 0.700. The summed E-state index contributed by atoms with van der Waals surface area (Å²) in [6, 6.07) is 0. The van der Waals surface area contributed by atoms with Gasteiger partial charge in [0, 0.05) is 12.3 Å². The third kappa shape index (κ3) is 1.30. The van der Waals surface area contributed by atoms with Gasteiger partial charge in [-0.3, -0.25) is 0 Å². The molecule has 0 aromatic carbocycles. The zero-order valence-corrected chi connectivity index (χ0v) is 7.35. The van der Waals surface area contributed by atoms with Crippen molar-refractivity contribution in [2.75, 3.05) is 0 Å². The van der Waals surface area contributed by atoms with Crippen molar-refractivity contribution < 1.29 is 4.79 Å². The Morgan fingerprint density at radius 3 is 2.45 bits per heavy atom. The van der Waals surface area contributed by atoms with Gasteiger partial charge in [0.25, 0.3) is 0 Å². The summed E-state index contributed by atoms with van der Waals surface area (Å²) in [7, 11) is 0. The second-order valence-electron chi connectivity index (χ2n) is 3.98. The first-order valence-electron chi connectivity index (χ1n) is 3.95. The predicted molar refractivity (Wildman–Crippen MR) is 44.9 cm³/mol. The standard InChI is InChI=1S/C10H14O/c1-5-8-9(6-7(2)11)10(8,3)4/h1,8-9H,6H2,2-4H3. The summed E-state index contributed by atoms with van der Waals surface area (Å²) < 4.78 is 0. The van der Waals surface area contributed by atoms with Crippen molar-refractivity contribution in [1.82, 2.24) is 0 Å². The topological polar surface area (TPSA) is 17.1 Å². The maximum Gasteiger partial charge on any atom is 0.130 e. The van der Waals surface area contributed by atoms with E-state index in [9.17, 15) is 4.79 Å². The second kappa shape index (κ2) is 2.37. The summed E-state index contributed by atoms with van der Waals surface area (Å²) in [6.07, 6.45) is 5.97. The van der Waals surface area contributed by atoms with Crippen LogP contribution >= 0.6 is 0 Å². The molecular weight excluding hydrogens is 136 g/mol. The Labute approximate surface area is 68.2 Å². The van der Waals surface area contributed by atoms with Crippen molar-refractivity contribution in [3.05, 3.63) is 0 Å². The molecule has 1 heteroatoms. The number of carbonyl (C=O) groups is 1. The Balaban J connectivity index is 2.54. The maximum absolute atomic E-state index is 10.8. The molecule has 0 radical (unpaired) electrons. The third-order valence-electron chi connectivity index (χ3n) is 2.74. The van der Waals surface area contributed by atoms with Crippen molar-refractivity contribution in [3.8, 4) is 12.3 Å². The molecule has 1 aliphatic rings. The fourth-order valence-electron chi connectivity index (χ4n) is 1.77. The van der Waals surface area contributed by atoms with E-state index in [-0.39, 0.29) is 11.2 Å². The van der Waals surface area contributed by atoms with Gasteiger partial charge in [0.05, 0.1) is 0 Å². The van der Waals surface area contributed by atoms with Gasteiger partial charge < -0.3 is 4.79 Å². The van der Waals surface area contributed by atoms with Gasteiger partial charge in [-0.2, -0.15) is 0 Å². The highest BCUT2D eigenvalue weighted by Gasteiger charge is 2.56. The molecule has 0 aromatic rings. The zero-order valence-electron chi connectivity index (χ0n) is 7.35. The van der Waals surface area contributed by atoms with Gasteiger partial charge in [-0.05, 0) is 18.3 Å². The zero-order chi connectivity index (χ0) is 8.65. The first kappa shape index (κ1) is 8.33. The molecule has 1 rings (SSSR count). The maximum atomic E-state index is 10.8. The summed E-state index contributed by atoms with van der Waals surface area (Å²) >= 11 is 0. The number of terminal acetylenes is 1. The minimum Gasteiger partial charge on any atom is -0.300 e. The largest absolute Gasteiger partial charge is 0.300 e. The first-order valence-corrected chi connectivity index (χ1v) is 3.95. The van der Waals surface area contributed by atoms with Crippen LogP contribution in [0.3, 0.4) is 0 Å². The quantitative estimate of drug-likeness (QED) is 0.549.